The van der Waals surface area contributed by atoms with Gasteiger partial charge in [0.15, 0.2) is 6.29 Å². The Balaban J connectivity index is 2.53. The summed E-state index contributed by atoms with van der Waals surface area (Å²) in [6.07, 6.45) is -0.154. The Kier molecular flexibility index (Phi) is 3.46. The SMILES string of the molecule is CO[C@@H]1OCC[C@@H](N(C)C)[C@H]1O. The number of aliphatic hydroxyl groups excluding tert-OH is 1. The first-order valence-electron chi connectivity index (χ1n) is 4.15. The van der Waals surface area contributed by atoms with Crippen molar-refractivity contribution in [3.63, 3.8) is 0 Å². The maximum absolute atomic E-state index is 9.71. The molecule has 0 radical (unpaired) electrons. The molecular formula is C8H17NO3. The molecule has 0 bridgehead atoms. The first kappa shape index (κ1) is 9.92. The molecule has 4 nitrogen and oxygen atoms in total. The lowest BCUT2D eigenvalue weighted by Gasteiger charge is -2.37. The summed E-state index contributed by atoms with van der Waals surface area (Å²) in [6.45, 7) is 0.651. The van der Waals surface area contributed by atoms with E-state index in [9.17, 15) is 5.11 Å². The highest BCUT2D eigenvalue weighted by Gasteiger charge is 2.33. The third-order valence-corrected chi connectivity index (χ3v) is 2.26. The van der Waals surface area contributed by atoms with Crippen molar-refractivity contribution in [2.45, 2.75) is 24.9 Å². The van der Waals surface area contributed by atoms with Crippen LogP contribution in [0.4, 0.5) is 0 Å². The van der Waals surface area contributed by atoms with Crippen LogP contribution in [-0.2, 0) is 9.47 Å². The topological polar surface area (TPSA) is 41.9 Å². The van der Waals surface area contributed by atoms with Gasteiger partial charge in [0.2, 0.25) is 0 Å². The van der Waals surface area contributed by atoms with Crippen molar-refractivity contribution >= 4 is 0 Å². The standard InChI is InChI=1S/C8H17NO3/c1-9(2)6-4-5-12-8(11-3)7(6)10/h6-8,10H,4-5H2,1-3H3/t6-,7-,8-/m1/s1. The molecule has 1 N–H and O–H groups in total. The van der Waals surface area contributed by atoms with E-state index in [2.05, 4.69) is 0 Å². The molecule has 72 valence electrons. The van der Waals surface area contributed by atoms with Crippen LogP contribution < -0.4 is 0 Å². The number of hydrogen-bond acceptors (Lipinski definition) is 4. The van der Waals surface area contributed by atoms with Crippen molar-refractivity contribution in [2.75, 3.05) is 27.8 Å². The van der Waals surface area contributed by atoms with Crippen LogP contribution in [0.2, 0.25) is 0 Å². The number of rotatable bonds is 2. The van der Waals surface area contributed by atoms with Crippen LogP contribution in [0.15, 0.2) is 0 Å². The molecule has 0 aromatic rings. The van der Waals surface area contributed by atoms with E-state index in [1.807, 2.05) is 19.0 Å². The van der Waals surface area contributed by atoms with Gasteiger partial charge >= 0.3 is 0 Å². The Morgan fingerprint density at radius 2 is 2.17 bits per heavy atom. The van der Waals surface area contributed by atoms with Gasteiger partial charge in [-0.1, -0.05) is 0 Å². The van der Waals surface area contributed by atoms with Crippen molar-refractivity contribution in [3.8, 4) is 0 Å². The maximum Gasteiger partial charge on any atom is 0.184 e. The zero-order chi connectivity index (χ0) is 9.14. The lowest BCUT2D eigenvalue weighted by atomic mass is 10.0. The molecule has 0 aromatic heterocycles. The summed E-state index contributed by atoms with van der Waals surface area (Å²) in [6, 6.07) is 0.142. The van der Waals surface area contributed by atoms with Gasteiger partial charge in [0.05, 0.1) is 6.61 Å². The molecular weight excluding hydrogens is 158 g/mol. The molecule has 3 atom stereocenters. The molecule has 1 saturated heterocycles. The zero-order valence-electron chi connectivity index (χ0n) is 7.86. The Morgan fingerprint density at radius 3 is 2.67 bits per heavy atom. The molecule has 1 rings (SSSR count). The van der Waals surface area contributed by atoms with Gasteiger partial charge in [-0.3, -0.25) is 0 Å². The summed E-state index contributed by atoms with van der Waals surface area (Å²) in [5.74, 6) is 0. The highest BCUT2D eigenvalue weighted by atomic mass is 16.7. The van der Waals surface area contributed by atoms with Gasteiger partial charge < -0.3 is 19.5 Å². The average molecular weight is 175 g/mol. The maximum atomic E-state index is 9.71. The lowest BCUT2D eigenvalue weighted by Crippen LogP contribution is -2.51. The second kappa shape index (κ2) is 4.18. The summed E-state index contributed by atoms with van der Waals surface area (Å²) in [4.78, 5) is 2.00. The van der Waals surface area contributed by atoms with Gasteiger partial charge in [0.1, 0.15) is 6.10 Å². The van der Waals surface area contributed by atoms with Crippen molar-refractivity contribution < 1.29 is 14.6 Å². The first-order chi connectivity index (χ1) is 5.66. The summed E-state index contributed by atoms with van der Waals surface area (Å²) in [5, 5.41) is 9.71. The van der Waals surface area contributed by atoms with E-state index in [0.29, 0.717) is 6.61 Å². The number of ether oxygens (including phenoxy) is 2. The summed E-state index contributed by atoms with van der Waals surface area (Å²) in [7, 11) is 5.45. The molecule has 0 unspecified atom stereocenters. The van der Waals surface area contributed by atoms with E-state index in [1.165, 1.54) is 0 Å². The van der Waals surface area contributed by atoms with E-state index >= 15 is 0 Å². The predicted octanol–water partition coefficient (Wildman–Crippen LogP) is -0.330. The van der Waals surface area contributed by atoms with Crippen LogP contribution in [0, 0.1) is 0 Å². The third-order valence-electron chi connectivity index (χ3n) is 2.26. The molecule has 1 aliphatic rings. The fourth-order valence-corrected chi connectivity index (χ4v) is 1.53. The molecule has 0 saturated carbocycles. The van der Waals surface area contributed by atoms with E-state index in [1.54, 1.807) is 7.11 Å². The minimum absolute atomic E-state index is 0.142. The summed E-state index contributed by atoms with van der Waals surface area (Å²) >= 11 is 0. The first-order valence-corrected chi connectivity index (χ1v) is 4.15. The van der Waals surface area contributed by atoms with Crippen molar-refractivity contribution in [2.24, 2.45) is 0 Å². The monoisotopic (exact) mass is 175 g/mol. The van der Waals surface area contributed by atoms with E-state index in [4.69, 9.17) is 9.47 Å². The molecule has 0 aliphatic carbocycles. The quantitative estimate of drug-likeness (QED) is 0.624. The predicted molar refractivity (Wildman–Crippen MR) is 44.8 cm³/mol. The molecule has 0 amide bonds. The van der Waals surface area contributed by atoms with Gasteiger partial charge in [-0.05, 0) is 20.5 Å². The largest absolute Gasteiger partial charge is 0.386 e. The highest BCUT2D eigenvalue weighted by Crippen LogP contribution is 2.18. The second-order valence-electron chi connectivity index (χ2n) is 3.29. The van der Waals surface area contributed by atoms with Gasteiger partial charge in [0, 0.05) is 13.2 Å². The van der Waals surface area contributed by atoms with Crippen LogP contribution in [0.5, 0.6) is 0 Å². The average Bonchev–Trinajstić information content (AvgIpc) is 2.04. The Hall–Kier alpha value is -0.160. The van der Waals surface area contributed by atoms with E-state index in [-0.39, 0.29) is 6.04 Å². The fourth-order valence-electron chi connectivity index (χ4n) is 1.53. The molecule has 1 fully saturated rings. The van der Waals surface area contributed by atoms with Crippen LogP contribution >= 0.6 is 0 Å². The molecule has 12 heavy (non-hydrogen) atoms. The minimum atomic E-state index is -0.543. The van der Waals surface area contributed by atoms with Crippen LogP contribution in [-0.4, -0.2) is 56.3 Å². The highest BCUT2D eigenvalue weighted by molar-refractivity contribution is 4.81. The van der Waals surface area contributed by atoms with Crippen LogP contribution in [0.25, 0.3) is 0 Å². The van der Waals surface area contributed by atoms with Crippen molar-refractivity contribution in [3.05, 3.63) is 0 Å². The Labute approximate surface area is 73.1 Å². The van der Waals surface area contributed by atoms with Crippen molar-refractivity contribution in [1.82, 2.24) is 4.90 Å². The molecule has 1 heterocycles. The number of methoxy groups -OCH3 is 1. The van der Waals surface area contributed by atoms with E-state index in [0.717, 1.165) is 6.42 Å². The third kappa shape index (κ3) is 1.95. The number of hydrogen-bond donors (Lipinski definition) is 1. The number of nitrogens with zero attached hydrogens (tertiary/aromatic N) is 1. The van der Waals surface area contributed by atoms with Gasteiger partial charge in [-0.2, -0.15) is 0 Å². The summed E-state index contributed by atoms with van der Waals surface area (Å²) in [5.41, 5.74) is 0. The number of aliphatic hydroxyl groups is 1. The van der Waals surface area contributed by atoms with E-state index < -0.39 is 12.4 Å². The Bertz CT molecular complexity index is 140. The van der Waals surface area contributed by atoms with Gasteiger partial charge in [-0.25, -0.2) is 0 Å². The minimum Gasteiger partial charge on any atom is -0.386 e. The second-order valence-corrected chi connectivity index (χ2v) is 3.29. The summed E-state index contributed by atoms with van der Waals surface area (Å²) < 4.78 is 10.2. The molecule has 0 aromatic carbocycles. The van der Waals surface area contributed by atoms with Crippen LogP contribution in [0.3, 0.4) is 0 Å². The molecule has 0 spiro atoms. The van der Waals surface area contributed by atoms with Gasteiger partial charge in [0.25, 0.3) is 0 Å². The number of likely N-dealkylation sites (N-methyl/N-ethyl adjacent to an activating group) is 1. The van der Waals surface area contributed by atoms with Gasteiger partial charge in [-0.15, -0.1) is 0 Å². The molecule has 1 aliphatic heterocycles. The van der Waals surface area contributed by atoms with Crippen LogP contribution in [0.1, 0.15) is 6.42 Å². The fraction of sp³-hybridized carbons (Fsp3) is 1.00. The zero-order valence-corrected chi connectivity index (χ0v) is 7.86. The Morgan fingerprint density at radius 1 is 1.50 bits per heavy atom. The van der Waals surface area contributed by atoms with Crippen molar-refractivity contribution in [1.29, 1.82) is 0 Å². The molecule has 4 heteroatoms. The lowest BCUT2D eigenvalue weighted by molar-refractivity contribution is -0.219. The smallest absolute Gasteiger partial charge is 0.184 e. The normalized spacial score (nSPS) is 37.2.